The number of ether oxygens (including phenoxy) is 1. The molecule has 3 rings (SSSR count). The highest BCUT2D eigenvalue weighted by atomic mass is 16.5. The summed E-state index contributed by atoms with van der Waals surface area (Å²) in [6, 6.07) is 0.516. The Morgan fingerprint density at radius 3 is 2.58 bits per heavy atom. The van der Waals surface area contributed by atoms with Crippen LogP contribution in [0.25, 0.3) is 0 Å². The van der Waals surface area contributed by atoms with Crippen LogP contribution in [0, 0.1) is 11.8 Å². The lowest BCUT2D eigenvalue weighted by atomic mass is 9.96. The molecule has 3 heteroatoms. The van der Waals surface area contributed by atoms with Crippen LogP contribution in [-0.4, -0.2) is 36.1 Å². The van der Waals surface area contributed by atoms with E-state index in [0.717, 1.165) is 25.0 Å². The van der Waals surface area contributed by atoms with Gasteiger partial charge < -0.3 is 9.64 Å². The smallest absolute Gasteiger partial charge is 0.251 e. The van der Waals surface area contributed by atoms with Crippen molar-refractivity contribution in [3.05, 3.63) is 0 Å². The summed E-state index contributed by atoms with van der Waals surface area (Å²) in [5, 5.41) is 0. The van der Waals surface area contributed by atoms with E-state index in [1.165, 1.54) is 51.4 Å². The van der Waals surface area contributed by atoms with Gasteiger partial charge in [0.2, 0.25) is 0 Å². The van der Waals surface area contributed by atoms with E-state index in [2.05, 4.69) is 4.90 Å². The molecule has 0 aromatic rings. The normalized spacial score (nSPS) is 29.9. The molecule has 0 N–H and O–H groups in total. The van der Waals surface area contributed by atoms with Crippen LogP contribution in [-0.2, 0) is 9.53 Å². The first-order valence-electron chi connectivity index (χ1n) is 8.18. The standard InChI is InChI=1S/C16H27NO2/c1-12(19-11-13-8-9-13)16(18)17-10-4-7-15(17)14-5-2-3-6-14/h12-15H,2-11H2,1H3/t12-,15-/m1/s1. The molecule has 1 amide bonds. The van der Waals surface area contributed by atoms with Crippen molar-refractivity contribution in [1.29, 1.82) is 0 Å². The van der Waals surface area contributed by atoms with Crippen LogP contribution in [0.2, 0.25) is 0 Å². The van der Waals surface area contributed by atoms with Crippen LogP contribution >= 0.6 is 0 Å². The predicted octanol–water partition coefficient (Wildman–Crippen LogP) is 2.98. The molecule has 19 heavy (non-hydrogen) atoms. The van der Waals surface area contributed by atoms with E-state index in [9.17, 15) is 4.79 Å². The summed E-state index contributed by atoms with van der Waals surface area (Å²) in [4.78, 5) is 14.7. The maximum atomic E-state index is 12.5. The number of amides is 1. The number of hydrogen-bond acceptors (Lipinski definition) is 2. The molecule has 0 aromatic heterocycles. The molecule has 3 nitrogen and oxygen atoms in total. The molecule has 1 aliphatic heterocycles. The van der Waals surface area contributed by atoms with Gasteiger partial charge in [-0.05, 0) is 57.3 Å². The van der Waals surface area contributed by atoms with Gasteiger partial charge in [0.05, 0.1) is 6.61 Å². The molecule has 108 valence electrons. The Kier molecular flexibility index (Phi) is 4.11. The fraction of sp³-hybridized carbons (Fsp3) is 0.938. The summed E-state index contributed by atoms with van der Waals surface area (Å²) in [5.41, 5.74) is 0. The Labute approximate surface area is 116 Å². The predicted molar refractivity (Wildman–Crippen MR) is 74.8 cm³/mol. The van der Waals surface area contributed by atoms with Gasteiger partial charge in [0, 0.05) is 12.6 Å². The molecular formula is C16H27NO2. The number of nitrogens with zero attached hydrogens (tertiary/aromatic N) is 1. The van der Waals surface area contributed by atoms with Crippen molar-refractivity contribution in [1.82, 2.24) is 4.90 Å². The third kappa shape index (κ3) is 3.13. The summed E-state index contributed by atoms with van der Waals surface area (Å²) in [6.07, 6.45) is 10.1. The minimum atomic E-state index is -0.234. The Morgan fingerprint density at radius 1 is 1.16 bits per heavy atom. The lowest BCUT2D eigenvalue weighted by molar-refractivity contribution is -0.144. The molecule has 2 saturated carbocycles. The SMILES string of the molecule is C[C@@H](OCC1CC1)C(=O)N1CCC[C@@H]1C1CCCC1. The van der Waals surface area contributed by atoms with Crippen LogP contribution in [0.4, 0.5) is 0 Å². The highest BCUT2D eigenvalue weighted by Crippen LogP contribution is 2.36. The van der Waals surface area contributed by atoms with Crippen LogP contribution in [0.5, 0.6) is 0 Å². The van der Waals surface area contributed by atoms with Gasteiger partial charge in [-0.25, -0.2) is 0 Å². The topological polar surface area (TPSA) is 29.5 Å². The van der Waals surface area contributed by atoms with Crippen LogP contribution in [0.15, 0.2) is 0 Å². The molecule has 0 spiro atoms. The zero-order chi connectivity index (χ0) is 13.2. The molecule has 0 unspecified atom stereocenters. The zero-order valence-corrected chi connectivity index (χ0v) is 12.1. The molecule has 3 aliphatic rings. The van der Waals surface area contributed by atoms with E-state index in [1.807, 2.05) is 6.92 Å². The molecule has 2 aliphatic carbocycles. The molecule has 0 aromatic carbocycles. The van der Waals surface area contributed by atoms with Gasteiger partial charge in [0.15, 0.2) is 0 Å². The van der Waals surface area contributed by atoms with Gasteiger partial charge in [-0.2, -0.15) is 0 Å². The lowest BCUT2D eigenvalue weighted by Gasteiger charge is -2.31. The van der Waals surface area contributed by atoms with Crippen molar-refractivity contribution in [3.8, 4) is 0 Å². The summed E-state index contributed by atoms with van der Waals surface area (Å²) < 4.78 is 5.76. The zero-order valence-electron chi connectivity index (χ0n) is 12.1. The van der Waals surface area contributed by atoms with E-state index in [4.69, 9.17) is 4.74 Å². The van der Waals surface area contributed by atoms with Gasteiger partial charge in [-0.1, -0.05) is 12.8 Å². The second-order valence-electron chi connectivity index (χ2n) is 6.70. The van der Waals surface area contributed by atoms with Crippen molar-refractivity contribution in [2.45, 2.75) is 70.4 Å². The van der Waals surface area contributed by atoms with Gasteiger partial charge in [0.1, 0.15) is 6.10 Å². The first kappa shape index (κ1) is 13.4. The summed E-state index contributed by atoms with van der Waals surface area (Å²) in [7, 11) is 0. The number of likely N-dealkylation sites (tertiary alicyclic amines) is 1. The van der Waals surface area contributed by atoms with Crippen molar-refractivity contribution < 1.29 is 9.53 Å². The second-order valence-corrected chi connectivity index (χ2v) is 6.70. The van der Waals surface area contributed by atoms with Gasteiger partial charge in [-0.15, -0.1) is 0 Å². The van der Waals surface area contributed by atoms with Gasteiger partial charge in [0.25, 0.3) is 5.91 Å². The van der Waals surface area contributed by atoms with Gasteiger partial charge >= 0.3 is 0 Å². The third-order valence-corrected chi connectivity index (χ3v) is 5.15. The minimum Gasteiger partial charge on any atom is -0.368 e. The van der Waals surface area contributed by atoms with Crippen molar-refractivity contribution in [3.63, 3.8) is 0 Å². The monoisotopic (exact) mass is 265 g/mol. The summed E-state index contributed by atoms with van der Waals surface area (Å²) >= 11 is 0. The number of hydrogen-bond donors (Lipinski definition) is 0. The highest BCUT2D eigenvalue weighted by Gasteiger charge is 2.37. The molecular weight excluding hydrogens is 238 g/mol. The third-order valence-electron chi connectivity index (χ3n) is 5.15. The van der Waals surface area contributed by atoms with Crippen molar-refractivity contribution in [2.75, 3.05) is 13.2 Å². The lowest BCUT2D eigenvalue weighted by Crippen LogP contribution is -2.44. The summed E-state index contributed by atoms with van der Waals surface area (Å²) in [5.74, 6) is 1.75. The van der Waals surface area contributed by atoms with E-state index >= 15 is 0 Å². The van der Waals surface area contributed by atoms with E-state index in [0.29, 0.717) is 6.04 Å². The fourth-order valence-corrected chi connectivity index (χ4v) is 3.77. The average molecular weight is 265 g/mol. The van der Waals surface area contributed by atoms with Gasteiger partial charge in [-0.3, -0.25) is 4.79 Å². The molecule has 1 heterocycles. The molecule has 2 atom stereocenters. The van der Waals surface area contributed by atoms with Crippen LogP contribution < -0.4 is 0 Å². The average Bonchev–Trinajstić information content (AvgIpc) is 2.92. The second kappa shape index (κ2) is 5.82. The Balaban J connectivity index is 1.54. The first-order chi connectivity index (χ1) is 9.25. The molecule has 0 radical (unpaired) electrons. The van der Waals surface area contributed by atoms with Crippen LogP contribution in [0.1, 0.15) is 58.3 Å². The Bertz CT molecular complexity index is 321. The quantitative estimate of drug-likeness (QED) is 0.765. The van der Waals surface area contributed by atoms with Crippen molar-refractivity contribution in [2.24, 2.45) is 11.8 Å². The minimum absolute atomic E-state index is 0.234. The highest BCUT2D eigenvalue weighted by molar-refractivity contribution is 5.81. The largest absolute Gasteiger partial charge is 0.368 e. The molecule has 1 saturated heterocycles. The molecule has 3 fully saturated rings. The summed E-state index contributed by atoms with van der Waals surface area (Å²) in [6.45, 7) is 3.68. The maximum absolute atomic E-state index is 12.5. The maximum Gasteiger partial charge on any atom is 0.251 e. The van der Waals surface area contributed by atoms with Crippen LogP contribution in [0.3, 0.4) is 0 Å². The number of carbonyl (C=O) groups is 1. The van der Waals surface area contributed by atoms with E-state index in [-0.39, 0.29) is 12.0 Å². The number of rotatable bonds is 5. The molecule has 0 bridgehead atoms. The fourth-order valence-electron chi connectivity index (χ4n) is 3.77. The Morgan fingerprint density at radius 2 is 1.89 bits per heavy atom. The number of carbonyl (C=O) groups excluding carboxylic acids is 1. The van der Waals surface area contributed by atoms with E-state index in [1.54, 1.807) is 0 Å². The first-order valence-corrected chi connectivity index (χ1v) is 8.18. The Hall–Kier alpha value is -0.570. The van der Waals surface area contributed by atoms with Crippen molar-refractivity contribution >= 4 is 5.91 Å². The van der Waals surface area contributed by atoms with E-state index < -0.39 is 0 Å².